The lowest BCUT2D eigenvalue weighted by Crippen LogP contribution is -2.75. The van der Waals surface area contributed by atoms with Gasteiger partial charge in [0, 0.05) is 48.8 Å². The molecule has 0 aromatic rings. The first-order chi connectivity index (χ1) is 15.2. The quantitative estimate of drug-likeness (QED) is 0.474. The number of hydrogen-bond donors (Lipinski definition) is 0. The molecule has 1 heterocycles. The molecule has 1 aliphatic heterocycles. The lowest BCUT2D eigenvalue weighted by molar-refractivity contribution is -0.279. The molecule has 0 saturated heterocycles. The fraction of sp³-hybridized carbons (Fsp3) is 0.808. The van der Waals surface area contributed by atoms with Gasteiger partial charge in [0.25, 0.3) is 0 Å². The summed E-state index contributed by atoms with van der Waals surface area (Å²) >= 11 is 0. The molecule has 0 amide bonds. The summed E-state index contributed by atoms with van der Waals surface area (Å²) in [5.74, 6) is 0.236. The summed E-state index contributed by atoms with van der Waals surface area (Å²) in [6.45, 7) is 12.2. The highest BCUT2D eigenvalue weighted by atomic mass is 16.6. The van der Waals surface area contributed by atoms with Crippen LogP contribution in [0.15, 0.2) is 17.1 Å². The molecule has 32 heavy (non-hydrogen) atoms. The highest BCUT2D eigenvalue weighted by molar-refractivity contribution is 5.72. The van der Waals surface area contributed by atoms with Gasteiger partial charge in [-0.1, -0.05) is 25.5 Å². The molecule has 176 valence electrons. The maximum Gasteiger partial charge on any atom is 0.303 e. The van der Waals surface area contributed by atoms with Crippen molar-refractivity contribution in [2.75, 3.05) is 6.61 Å². The van der Waals surface area contributed by atoms with Crippen LogP contribution in [0.3, 0.4) is 0 Å². The first-order valence-electron chi connectivity index (χ1n) is 12.4. The average molecular weight is 444 g/mol. The van der Waals surface area contributed by atoms with Crippen molar-refractivity contribution < 1.29 is 23.8 Å². The second-order valence-corrected chi connectivity index (χ2v) is 11.2. The Bertz CT molecular complexity index is 868. The Morgan fingerprint density at radius 2 is 1.94 bits per heavy atom. The molecule has 0 N–H and O–H groups in total. The molecule has 6 aliphatic rings. The number of hydrogen-bond acceptors (Lipinski definition) is 6. The van der Waals surface area contributed by atoms with Crippen molar-refractivity contribution >= 4 is 18.2 Å². The fourth-order valence-electron chi connectivity index (χ4n) is 8.84. The van der Waals surface area contributed by atoms with Gasteiger partial charge < -0.3 is 14.2 Å². The van der Waals surface area contributed by atoms with Gasteiger partial charge in [-0.15, -0.1) is 0 Å². The molecule has 5 saturated carbocycles. The first kappa shape index (κ1) is 22.1. The number of esters is 2. The number of aliphatic imine (C=N–C) groups is 1. The summed E-state index contributed by atoms with van der Waals surface area (Å²) in [6, 6.07) is 0. The summed E-state index contributed by atoms with van der Waals surface area (Å²) in [6.07, 6.45) is 7.99. The van der Waals surface area contributed by atoms with Crippen molar-refractivity contribution in [2.24, 2.45) is 39.0 Å². The molecule has 9 atom stereocenters. The lowest BCUT2D eigenvalue weighted by atomic mass is 9.34. The number of fused-ring (bicyclic) bond motifs is 2. The van der Waals surface area contributed by atoms with Crippen LogP contribution in [-0.4, -0.2) is 43.2 Å². The SMILES string of the molecule is C=C1C[C@]23CC[C@H]1CC2[C@]12C=NC(OCC)[C@](C)(CCC1)[C@H]2[C@H](OC(C)=O)[C@H]3OC(C)=O. The maximum absolute atomic E-state index is 12.4. The van der Waals surface area contributed by atoms with Crippen LogP contribution in [-0.2, 0) is 23.8 Å². The van der Waals surface area contributed by atoms with Crippen LogP contribution in [0.4, 0.5) is 0 Å². The van der Waals surface area contributed by atoms with E-state index in [0.29, 0.717) is 18.4 Å². The number of carbonyl (C=O) groups excluding carboxylic acids is 2. The third-order valence-electron chi connectivity index (χ3n) is 9.70. The van der Waals surface area contributed by atoms with Crippen LogP contribution in [0.2, 0.25) is 0 Å². The van der Waals surface area contributed by atoms with Gasteiger partial charge >= 0.3 is 11.9 Å². The fourth-order valence-corrected chi connectivity index (χ4v) is 8.84. The van der Waals surface area contributed by atoms with E-state index in [1.807, 2.05) is 6.92 Å². The van der Waals surface area contributed by atoms with Crippen molar-refractivity contribution in [2.45, 2.75) is 91.1 Å². The molecule has 1 spiro atoms. The normalized spacial score (nSPS) is 48.6. The smallest absolute Gasteiger partial charge is 0.303 e. The predicted molar refractivity (Wildman–Crippen MR) is 120 cm³/mol. The van der Waals surface area contributed by atoms with Gasteiger partial charge in [0.2, 0.25) is 0 Å². The summed E-state index contributed by atoms with van der Waals surface area (Å²) in [7, 11) is 0. The third-order valence-corrected chi connectivity index (χ3v) is 9.70. The number of ether oxygens (including phenoxy) is 3. The average Bonchev–Trinajstić information content (AvgIpc) is 2.72. The number of carbonyl (C=O) groups is 2. The van der Waals surface area contributed by atoms with Crippen molar-refractivity contribution in [1.29, 1.82) is 0 Å². The molecule has 0 aromatic carbocycles. The zero-order valence-corrected chi connectivity index (χ0v) is 19.9. The second kappa shape index (κ2) is 7.41. The van der Waals surface area contributed by atoms with Gasteiger partial charge in [0.1, 0.15) is 12.2 Å². The van der Waals surface area contributed by atoms with Crippen LogP contribution in [0.1, 0.15) is 72.6 Å². The van der Waals surface area contributed by atoms with E-state index in [0.717, 1.165) is 44.9 Å². The first-order valence-corrected chi connectivity index (χ1v) is 12.4. The maximum atomic E-state index is 12.4. The van der Waals surface area contributed by atoms with Crippen molar-refractivity contribution in [1.82, 2.24) is 0 Å². The van der Waals surface area contributed by atoms with Crippen LogP contribution >= 0.6 is 0 Å². The van der Waals surface area contributed by atoms with Crippen molar-refractivity contribution in [3.63, 3.8) is 0 Å². The van der Waals surface area contributed by atoms with Gasteiger partial charge in [-0.25, -0.2) is 0 Å². The van der Waals surface area contributed by atoms with Gasteiger partial charge in [0.15, 0.2) is 6.23 Å². The minimum Gasteiger partial charge on any atom is -0.458 e. The second-order valence-electron chi connectivity index (χ2n) is 11.2. The molecule has 6 heteroatoms. The predicted octanol–water partition coefficient (Wildman–Crippen LogP) is 4.47. The van der Waals surface area contributed by atoms with Gasteiger partial charge in [-0.05, 0) is 57.3 Å². The van der Waals surface area contributed by atoms with E-state index in [1.54, 1.807) is 0 Å². The summed E-state index contributed by atoms with van der Waals surface area (Å²) < 4.78 is 18.5. The molecule has 4 bridgehead atoms. The number of rotatable bonds is 4. The van der Waals surface area contributed by atoms with E-state index in [4.69, 9.17) is 19.2 Å². The number of allylic oxidation sites excluding steroid dienone is 1. The minimum absolute atomic E-state index is 0.00860. The molecule has 6 nitrogen and oxygen atoms in total. The molecule has 5 fully saturated rings. The lowest BCUT2D eigenvalue weighted by Gasteiger charge is -2.72. The monoisotopic (exact) mass is 443 g/mol. The Labute approximate surface area is 191 Å². The van der Waals surface area contributed by atoms with E-state index in [-0.39, 0.29) is 40.3 Å². The Kier molecular flexibility index (Phi) is 5.12. The van der Waals surface area contributed by atoms with Crippen LogP contribution in [0.5, 0.6) is 0 Å². The zero-order valence-electron chi connectivity index (χ0n) is 19.9. The Hall–Kier alpha value is -1.69. The Morgan fingerprint density at radius 3 is 2.59 bits per heavy atom. The van der Waals surface area contributed by atoms with E-state index >= 15 is 0 Å². The highest BCUT2D eigenvalue weighted by Gasteiger charge is 2.75. The standard InChI is InChI=1S/C26H37NO5/c1-6-30-23-24(5)9-7-10-26(14-27-23)19-12-18-8-11-25(19,13-15(18)2)22(32-17(4)29)20(21(24)26)31-16(3)28/h14,18-23H,2,6-13H2,1,3-5H3/t18-,19?,20-,21+,22+,23?,24+,25+,26+/m0/s1. The molecular weight excluding hydrogens is 406 g/mol. The van der Waals surface area contributed by atoms with Gasteiger partial charge in [-0.2, -0.15) is 0 Å². The van der Waals surface area contributed by atoms with Crippen LogP contribution in [0, 0.1) is 34.0 Å². The van der Waals surface area contributed by atoms with Gasteiger partial charge in [-0.3, -0.25) is 14.6 Å². The largest absolute Gasteiger partial charge is 0.458 e. The van der Waals surface area contributed by atoms with Gasteiger partial charge in [0.05, 0.1) is 0 Å². The van der Waals surface area contributed by atoms with E-state index in [1.165, 1.54) is 19.4 Å². The van der Waals surface area contributed by atoms with E-state index in [9.17, 15) is 9.59 Å². The van der Waals surface area contributed by atoms with Crippen molar-refractivity contribution in [3.05, 3.63) is 12.2 Å². The summed E-state index contributed by atoms with van der Waals surface area (Å²) in [5, 5.41) is 0. The van der Waals surface area contributed by atoms with Crippen LogP contribution in [0.25, 0.3) is 0 Å². The van der Waals surface area contributed by atoms with Crippen LogP contribution < -0.4 is 0 Å². The molecule has 5 aliphatic carbocycles. The summed E-state index contributed by atoms with van der Waals surface area (Å²) in [4.78, 5) is 29.8. The molecule has 6 rings (SSSR count). The zero-order chi connectivity index (χ0) is 22.9. The topological polar surface area (TPSA) is 74.2 Å². The van der Waals surface area contributed by atoms with E-state index < -0.39 is 12.2 Å². The molecular formula is C26H37NO5. The third kappa shape index (κ3) is 2.83. The molecule has 0 aromatic heterocycles. The molecule has 0 radical (unpaired) electrons. The minimum atomic E-state index is -0.505. The van der Waals surface area contributed by atoms with E-state index in [2.05, 4.69) is 19.7 Å². The Morgan fingerprint density at radius 1 is 1.19 bits per heavy atom. The summed E-state index contributed by atoms with van der Waals surface area (Å²) in [5.41, 5.74) is 0.560. The van der Waals surface area contributed by atoms with Crippen molar-refractivity contribution in [3.8, 4) is 0 Å². The number of nitrogens with zero attached hydrogens (tertiary/aromatic N) is 1. The highest BCUT2D eigenvalue weighted by Crippen LogP contribution is 2.74. The molecule has 2 unspecified atom stereocenters. The Balaban J connectivity index is 1.73.